The Kier molecular flexibility index (Phi) is 26.3. The van der Waals surface area contributed by atoms with Crippen LogP contribution in [-0.2, 0) is 42.7 Å². The molecule has 2 aliphatic heterocycles. The van der Waals surface area contributed by atoms with Gasteiger partial charge >= 0.3 is 0 Å². The molecule has 2 aliphatic rings. The smallest absolute Gasteiger partial charge is 0.264 e. The Hall–Kier alpha value is -2.98. The monoisotopic (exact) mass is 791 g/mol. The number of carbonyl (C=O) groups excluding carboxylic acids is 4. The molecule has 2 heterocycles. The molecule has 4 amide bonds. The number of nitrogens with one attached hydrogen (secondary N) is 2. The number of anilines is 1. The van der Waals surface area contributed by atoms with Crippen molar-refractivity contribution in [1.29, 1.82) is 0 Å². The number of fused-ring (bicyclic) bond motifs is 1. The first-order valence-electron chi connectivity index (χ1n) is 21.2. The highest BCUT2D eigenvalue weighted by atomic mass is 16.6. The van der Waals surface area contributed by atoms with Crippen LogP contribution in [0.15, 0.2) is 18.2 Å². The number of piperidine rings is 1. The molecule has 1 aromatic carbocycles. The molecule has 1 fully saturated rings. The topological polar surface area (TPSA) is 160 Å². The minimum Gasteiger partial charge on any atom is -0.382 e. The van der Waals surface area contributed by atoms with Crippen LogP contribution >= 0.6 is 0 Å². The minimum atomic E-state index is -1.00. The molecule has 0 radical (unpaired) electrons. The third-order valence-electron chi connectivity index (χ3n) is 9.65. The van der Waals surface area contributed by atoms with Crippen molar-refractivity contribution in [3.63, 3.8) is 0 Å². The van der Waals surface area contributed by atoms with Crippen molar-refractivity contribution in [1.82, 2.24) is 10.2 Å². The van der Waals surface area contributed by atoms with Gasteiger partial charge in [-0.15, -0.1) is 0 Å². The van der Waals surface area contributed by atoms with Crippen LogP contribution in [0.25, 0.3) is 0 Å². The van der Waals surface area contributed by atoms with Crippen molar-refractivity contribution < 1.29 is 52.3 Å². The van der Waals surface area contributed by atoms with Gasteiger partial charge in [0.25, 0.3) is 11.8 Å². The molecule has 1 atom stereocenters. The number of amides is 4. The van der Waals surface area contributed by atoms with E-state index in [4.69, 9.17) is 33.2 Å². The summed E-state index contributed by atoms with van der Waals surface area (Å²) in [5, 5.41) is 5.35. The molecule has 2 N–H and O–H groups in total. The van der Waals surface area contributed by atoms with Crippen molar-refractivity contribution >= 4 is 29.3 Å². The van der Waals surface area contributed by atoms with E-state index in [-0.39, 0.29) is 24.0 Å². The predicted octanol–water partition coefficient (Wildman–Crippen LogP) is 5.71. The van der Waals surface area contributed by atoms with Crippen LogP contribution in [0, 0.1) is 0 Å². The zero-order valence-electron chi connectivity index (χ0n) is 34.0. The second-order valence-corrected chi connectivity index (χ2v) is 14.1. The van der Waals surface area contributed by atoms with E-state index in [1.54, 1.807) is 18.2 Å². The highest BCUT2D eigenvalue weighted by Gasteiger charge is 2.45. The summed E-state index contributed by atoms with van der Waals surface area (Å²) in [5.74, 6) is -2.14. The molecule has 0 aromatic heterocycles. The molecule has 1 saturated heterocycles. The van der Waals surface area contributed by atoms with Crippen molar-refractivity contribution in [2.45, 2.75) is 109 Å². The summed E-state index contributed by atoms with van der Waals surface area (Å²) in [6, 6.07) is 3.94. The number of carbonyl (C=O) groups is 4. The Morgan fingerprint density at radius 1 is 0.571 bits per heavy atom. The lowest BCUT2D eigenvalue weighted by Crippen LogP contribution is -2.54. The maximum Gasteiger partial charge on any atom is 0.264 e. The van der Waals surface area contributed by atoms with Crippen molar-refractivity contribution in [2.24, 2.45) is 0 Å². The van der Waals surface area contributed by atoms with E-state index in [0.29, 0.717) is 98.1 Å². The third kappa shape index (κ3) is 19.4. The second-order valence-electron chi connectivity index (χ2n) is 14.1. The number of hydrogen-bond donors (Lipinski definition) is 2. The number of hydrogen-bond acceptors (Lipinski definition) is 12. The summed E-state index contributed by atoms with van der Waals surface area (Å²) >= 11 is 0. The van der Waals surface area contributed by atoms with E-state index in [1.165, 1.54) is 77.0 Å². The summed E-state index contributed by atoms with van der Waals surface area (Å²) in [6.07, 6.45) is 17.8. The maximum atomic E-state index is 13.2. The van der Waals surface area contributed by atoms with Crippen LogP contribution in [0.4, 0.5) is 5.69 Å². The molecule has 0 saturated carbocycles. The highest BCUT2D eigenvalue weighted by molar-refractivity contribution is 6.25. The molecule has 56 heavy (non-hydrogen) atoms. The molecule has 1 unspecified atom stereocenters. The Balaban J connectivity index is 1.00. The van der Waals surface area contributed by atoms with Crippen molar-refractivity contribution in [2.75, 3.05) is 104 Å². The number of benzene rings is 1. The van der Waals surface area contributed by atoms with Gasteiger partial charge in [-0.05, 0) is 25.0 Å². The van der Waals surface area contributed by atoms with Gasteiger partial charge in [0.1, 0.15) is 6.04 Å². The maximum absolute atomic E-state index is 13.2. The van der Waals surface area contributed by atoms with Crippen molar-refractivity contribution in [3.8, 4) is 0 Å². The molecular weight excluding hydrogens is 722 g/mol. The van der Waals surface area contributed by atoms with Gasteiger partial charge in [0.05, 0.1) is 97.0 Å². The molecule has 3 rings (SSSR count). The molecule has 0 bridgehead atoms. The SMILES string of the molecule is CCCCCCCCCCCCCCCOCCOCCOCCOCCOCCOCCOCCNc1cccc2c1C(=O)N(C1CCC(=O)NC1=O)C2=O. The molecule has 0 aliphatic carbocycles. The highest BCUT2D eigenvalue weighted by Crippen LogP contribution is 2.32. The van der Waals surface area contributed by atoms with Gasteiger partial charge in [-0.2, -0.15) is 0 Å². The quantitative estimate of drug-likeness (QED) is 0.0626. The molecular formula is C42H69N3O11. The van der Waals surface area contributed by atoms with Crippen LogP contribution in [0.1, 0.15) is 124 Å². The first-order chi connectivity index (χ1) is 27.5. The summed E-state index contributed by atoms with van der Waals surface area (Å²) < 4.78 is 39.0. The lowest BCUT2D eigenvalue weighted by molar-refractivity contribution is -0.136. The summed E-state index contributed by atoms with van der Waals surface area (Å²) in [5.41, 5.74) is 0.933. The van der Waals surface area contributed by atoms with Gasteiger partial charge in [0, 0.05) is 25.3 Å². The lowest BCUT2D eigenvalue weighted by atomic mass is 10.0. The van der Waals surface area contributed by atoms with Gasteiger partial charge < -0.3 is 38.5 Å². The average Bonchev–Trinajstić information content (AvgIpc) is 3.45. The molecule has 318 valence electrons. The first-order valence-corrected chi connectivity index (χ1v) is 21.2. The number of nitrogens with zero attached hydrogens (tertiary/aromatic N) is 1. The van der Waals surface area contributed by atoms with Gasteiger partial charge in [-0.1, -0.05) is 90.0 Å². The average molecular weight is 792 g/mol. The second kappa shape index (κ2) is 31.1. The van der Waals surface area contributed by atoms with Gasteiger partial charge in [0.15, 0.2) is 0 Å². The van der Waals surface area contributed by atoms with E-state index >= 15 is 0 Å². The number of rotatable bonds is 37. The molecule has 14 heteroatoms. The van der Waals surface area contributed by atoms with Crippen molar-refractivity contribution in [3.05, 3.63) is 29.3 Å². The van der Waals surface area contributed by atoms with Gasteiger partial charge in [-0.25, -0.2) is 0 Å². The summed E-state index contributed by atoms with van der Waals surface area (Å²) in [6.45, 7) is 9.75. The summed E-state index contributed by atoms with van der Waals surface area (Å²) in [7, 11) is 0. The fraction of sp³-hybridized carbons (Fsp3) is 0.762. The van der Waals surface area contributed by atoms with E-state index < -0.39 is 29.7 Å². The number of imide groups is 2. The van der Waals surface area contributed by atoms with E-state index in [1.807, 2.05) is 0 Å². The van der Waals surface area contributed by atoms with Gasteiger partial charge in [0.2, 0.25) is 11.8 Å². The van der Waals surface area contributed by atoms with Crippen LogP contribution in [0.5, 0.6) is 0 Å². The number of ether oxygens (including phenoxy) is 7. The van der Waals surface area contributed by atoms with Crippen LogP contribution < -0.4 is 10.6 Å². The van der Waals surface area contributed by atoms with Crippen LogP contribution in [0.3, 0.4) is 0 Å². The Bertz CT molecular complexity index is 1250. The van der Waals surface area contributed by atoms with Crippen LogP contribution in [0.2, 0.25) is 0 Å². The van der Waals surface area contributed by atoms with E-state index in [2.05, 4.69) is 17.6 Å². The zero-order chi connectivity index (χ0) is 39.9. The van der Waals surface area contributed by atoms with E-state index in [0.717, 1.165) is 17.9 Å². The fourth-order valence-electron chi connectivity index (χ4n) is 6.56. The third-order valence-corrected chi connectivity index (χ3v) is 9.65. The molecule has 14 nitrogen and oxygen atoms in total. The Morgan fingerprint density at radius 3 is 1.50 bits per heavy atom. The van der Waals surface area contributed by atoms with Gasteiger partial charge in [-0.3, -0.25) is 29.4 Å². The largest absolute Gasteiger partial charge is 0.382 e. The minimum absolute atomic E-state index is 0.0719. The standard InChI is InChI=1S/C42H69N3O11/c1-2-3-4-5-6-7-8-9-10-11-12-13-14-21-50-23-25-52-27-29-54-31-33-56-34-32-55-30-28-53-26-24-51-22-20-43-36-17-15-16-35-39(36)42(49)45(41(35)48)37-18-19-38(46)44-40(37)47/h15-17,37,43H,2-14,18-34H2,1H3,(H,44,46,47). The fourth-order valence-corrected chi connectivity index (χ4v) is 6.56. The van der Waals surface area contributed by atoms with E-state index in [9.17, 15) is 19.2 Å². The zero-order valence-corrected chi connectivity index (χ0v) is 34.0. The predicted molar refractivity (Wildman–Crippen MR) is 213 cm³/mol. The first kappa shape index (κ1) is 47.4. The molecule has 0 spiro atoms. The van der Waals surface area contributed by atoms with Crippen LogP contribution in [-0.4, -0.2) is 134 Å². The Morgan fingerprint density at radius 2 is 1.02 bits per heavy atom. The number of unbranched alkanes of at least 4 members (excludes halogenated alkanes) is 12. The lowest BCUT2D eigenvalue weighted by Gasteiger charge is -2.27. The summed E-state index contributed by atoms with van der Waals surface area (Å²) in [4.78, 5) is 50.9. The Labute approximate surface area is 334 Å². The molecule has 1 aromatic rings. The normalized spacial score (nSPS) is 15.5.